The Kier molecular flexibility index (Phi) is 9.16. The standard InChI is InChI=1S/C19H26ClF3N4O2.HI/c1-13(19(21,22)23)26-5-7-27(8-6-26)18(24-2)25-4-3-14-11-15(20)17-16(12-14)28-9-10-29-17;/h11-13H,3-10H2,1-2H3,(H,24,25);1H. The molecule has 30 heavy (non-hydrogen) atoms. The first-order valence-electron chi connectivity index (χ1n) is 9.64. The van der Waals surface area contributed by atoms with Crippen molar-refractivity contribution in [2.45, 2.75) is 25.6 Å². The van der Waals surface area contributed by atoms with Crippen LogP contribution >= 0.6 is 35.6 Å². The molecule has 0 aliphatic carbocycles. The van der Waals surface area contributed by atoms with Crippen molar-refractivity contribution in [2.75, 3.05) is 53.0 Å². The van der Waals surface area contributed by atoms with Gasteiger partial charge in [0.05, 0.1) is 5.02 Å². The third kappa shape index (κ3) is 6.19. The molecule has 2 aliphatic rings. The molecule has 6 nitrogen and oxygen atoms in total. The number of fused-ring (bicyclic) bond motifs is 1. The number of rotatable bonds is 4. The summed E-state index contributed by atoms with van der Waals surface area (Å²) in [7, 11) is 1.67. The zero-order valence-corrected chi connectivity index (χ0v) is 20.1. The van der Waals surface area contributed by atoms with E-state index in [1.807, 2.05) is 17.0 Å². The maximum Gasteiger partial charge on any atom is 0.403 e. The van der Waals surface area contributed by atoms with Crippen LogP contribution in [0.4, 0.5) is 13.2 Å². The molecule has 0 bridgehead atoms. The molecule has 170 valence electrons. The smallest absolute Gasteiger partial charge is 0.403 e. The summed E-state index contributed by atoms with van der Waals surface area (Å²) in [6.07, 6.45) is -3.51. The number of benzene rings is 1. The van der Waals surface area contributed by atoms with E-state index in [4.69, 9.17) is 21.1 Å². The van der Waals surface area contributed by atoms with E-state index in [1.165, 1.54) is 11.8 Å². The number of alkyl halides is 3. The molecule has 1 aromatic carbocycles. The third-order valence-corrected chi connectivity index (χ3v) is 5.48. The van der Waals surface area contributed by atoms with E-state index >= 15 is 0 Å². The Balaban J connectivity index is 0.00000320. The first-order valence-corrected chi connectivity index (χ1v) is 10.0. The van der Waals surface area contributed by atoms with Crippen LogP contribution < -0.4 is 14.8 Å². The zero-order valence-electron chi connectivity index (χ0n) is 17.0. The fraction of sp³-hybridized carbons (Fsp3) is 0.632. The van der Waals surface area contributed by atoms with E-state index in [9.17, 15) is 13.2 Å². The highest BCUT2D eigenvalue weighted by Crippen LogP contribution is 2.38. The van der Waals surface area contributed by atoms with Gasteiger partial charge in [0.25, 0.3) is 0 Å². The number of halogens is 5. The number of aliphatic imine (C=N–C) groups is 1. The van der Waals surface area contributed by atoms with Crippen LogP contribution in [0.5, 0.6) is 11.5 Å². The highest BCUT2D eigenvalue weighted by Gasteiger charge is 2.41. The largest absolute Gasteiger partial charge is 0.486 e. The van der Waals surface area contributed by atoms with Crippen LogP contribution in [0.25, 0.3) is 0 Å². The van der Waals surface area contributed by atoms with Crippen LogP contribution in [0.3, 0.4) is 0 Å². The number of ether oxygens (including phenoxy) is 2. The summed E-state index contributed by atoms with van der Waals surface area (Å²) in [6.45, 7) is 4.49. The van der Waals surface area contributed by atoms with Crippen molar-refractivity contribution in [1.82, 2.24) is 15.1 Å². The fourth-order valence-electron chi connectivity index (χ4n) is 3.49. The lowest BCUT2D eigenvalue weighted by Gasteiger charge is -2.39. The molecule has 0 radical (unpaired) electrons. The Bertz CT molecular complexity index is 743. The summed E-state index contributed by atoms with van der Waals surface area (Å²) in [4.78, 5) is 7.71. The molecule has 0 amide bonds. The fourth-order valence-corrected chi connectivity index (χ4v) is 3.78. The quantitative estimate of drug-likeness (QED) is 0.346. The maximum atomic E-state index is 12.9. The minimum absolute atomic E-state index is 0. The monoisotopic (exact) mass is 562 g/mol. The number of piperazine rings is 1. The van der Waals surface area contributed by atoms with Gasteiger partial charge in [-0.1, -0.05) is 11.6 Å². The zero-order chi connectivity index (χ0) is 21.0. The molecular weight excluding hydrogens is 536 g/mol. The van der Waals surface area contributed by atoms with Crippen molar-refractivity contribution in [1.29, 1.82) is 0 Å². The molecule has 11 heteroatoms. The predicted octanol–water partition coefficient (Wildman–Crippen LogP) is 3.42. The van der Waals surface area contributed by atoms with Crippen molar-refractivity contribution in [3.63, 3.8) is 0 Å². The van der Waals surface area contributed by atoms with Crippen molar-refractivity contribution in [3.8, 4) is 11.5 Å². The average molecular weight is 563 g/mol. The van der Waals surface area contributed by atoms with Crippen LogP contribution in [-0.2, 0) is 6.42 Å². The molecule has 1 fully saturated rings. The van der Waals surface area contributed by atoms with Crippen LogP contribution in [0.2, 0.25) is 5.02 Å². The highest BCUT2D eigenvalue weighted by molar-refractivity contribution is 14.0. The Morgan fingerprint density at radius 1 is 1.20 bits per heavy atom. The van der Waals surface area contributed by atoms with Crippen LogP contribution in [0, 0.1) is 0 Å². The number of nitrogens with one attached hydrogen (secondary N) is 1. The first-order chi connectivity index (χ1) is 13.8. The molecule has 2 heterocycles. The van der Waals surface area contributed by atoms with Crippen LogP contribution in [-0.4, -0.2) is 81.0 Å². The van der Waals surface area contributed by atoms with Crippen molar-refractivity contribution in [2.24, 2.45) is 4.99 Å². The molecule has 1 aromatic rings. The van der Waals surface area contributed by atoms with E-state index < -0.39 is 12.2 Å². The van der Waals surface area contributed by atoms with E-state index in [0.29, 0.717) is 74.8 Å². The van der Waals surface area contributed by atoms with Gasteiger partial charge in [0.1, 0.15) is 19.3 Å². The van der Waals surface area contributed by atoms with E-state index in [1.54, 1.807) is 7.05 Å². The summed E-state index contributed by atoms with van der Waals surface area (Å²) in [5.74, 6) is 1.92. The van der Waals surface area contributed by atoms with Crippen molar-refractivity contribution >= 4 is 41.5 Å². The SMILES string of the molecule is CN=C(NCCc1cc(Cl)c2c(c1)OCCO2)N1CCN(C(C)C(F)(F)F)CC1.I. The van der Waals surface area contributed by atoms with Gasteiger partial charge in [-0.25, -0.2) is 0 Å². The topological polar surface area (TPSA) is 49.3 Å². The molecule has 0 spiro atoms. The van der Waals surface area contributed by atoms with Gasteiger partial charge in [-0.3, -0.25) is 9.89 Å². The van der Waals surface area contributed by atoms with Gasteiger partial charge in [-0.15, -0.1) is 24.0 Å². The Hall–Kier alpha value is -1.14. The molecule has 0 saturated carbocycles. The second-order valence-corrected chi connectivity index (χ2v) is 7.47. The Morgan fingerprint density at radius 3 is 2.50 bits per heavy atom. The molecule has 3 rings (SSSR count). The van der Waals surface area contributed by atoms with Crippen molar-refractivity contribution < 1.29 is 22.6 Å². The molecule has 1 N–H and O–H groups in total. The minimum atomic E-state index is -4.20. The van der Waals surface area contributed by atoms with E-state index in [0.717, 1.165) is 5.56 Å². The maximum absolute atomic E-state index is 12.9. The summed E-state index contributed by atoms with van der Waals surface area (Å²) >= 11 is 6.27. The van der Waals surface area contributed by atoms with E-state index in [2.05, 4.69) is 10.3 Å². The van der Waals surface area contributed by atoms with Gasteiger partial charge in [0.15, 0.2) is 17.5 Å². The van der Waals surface area contributed by atoms with E-state index in [-0.39, 0.29) is 24.0 Å². The highest BCUT2D eigenvalue weighted by atomic mass is 127. The molecule has 1 unspecified atom stereocenters. The first kappa shape index (κ1) is 25.1. The molecule has 1 atom stereocenters. The molecule has 1 saturated heterocycles. The van der Waals surface area contributed by atoms with Gasteiger partial charge >= 0.3 is 6.18 Å². The normalized spacial score (nSPS) is 18.6. The van der Waals surface area contributed by atoms with Gasteiger partial charge in [0, 0.05) is 39.8 Å². The van der Waals surface area contributed by atoms with Crippen LogP contribution in [0.15, 0.2) is 17.1 Å². The molecular formula is C19H27ClF3IN4O2. The lowest BCUT2D eigenvalue weighted by molar-refractivity contribution is -0.181. The summed E-state index contributed by atoms with van der Waals surface area (Å²) in [5.41, 5.74) is 1.01. The van der Waals surface area contributed by atoms with Gasteiger partial charge in [-0.05, 0) is 31.0 Å². The lowest BCUT2D eigenvalue weighted by atomic mass is 10.1. The number of hydrogen-bond donors (Lipinski definition) is 1. The average Bonchev–Trinajstić information content (AvgIpc) is 2.70. The van der Waals surface area contributed by atoms with Gasteiger partial charge in [0.2, 0.25) is 0 Å². The number of guanidine groups is 1. The number of hydrogen-bond acceptors (Lipinski definition) is 4. The second-order valence-electron chi connectivity index (χ2n) is 7.07. The minimum Gasteiger partial charge on any atom is -0.486 e. The van der Waals surface area contributed by atoms with Gasteiger partial charge in [-0.2, -0.15) is 13.2 Å². The van der Waals surface area contributed by atoms with Crippen molar-refractivity contribution in [3.05, 3.63) is 22.7 Å². The summed E-state index contributed by atoms with van der Waals surface area (Å²) < 4.78 is 49.8. The van der Waals surface area contributed by atoms with Gasteiger partial charge < -0.3 is 19.7 Å². The molecule has 0 aromatic heterocycles. The second kappa shape index (κ2) is 10.9. The predicted molar refractivity (Wildman–Crippen MR) is 122 cm³/mol. The summed E-state index contributed by atoms with van der Waals surface area (Å²) in [6, 6.07) is 2.35. The summed E-state index contributed by atoms with van der Waals surface area (Å²) in [5, 5.41) is 3.81. The lowest BCUT2D eigenvalue weighted by Crippen LogP contribution is -2.56. The Labute approximate surface area is 196 Å². The Morgan fingerprint density at radius 2 is 1.87 bits per heavy atom. The number of nitrogens with zero attached hydrogens (tertiary/aromatic N) is 3. The third-order valence-electron chi connectivity index (χ3n) is 5.20. The van der Waals surface area contributed by atoms with Crippen LogP contribution in [0.1, 0.15) is 12.5 Å². The molecule has 2 aliphatic heterocycles.